The second-order valence-electron chi connectivity index (χ2n) is 2.74. The molecule has 0 aromatic carbocycles. The second-order valence-corrected chi connectivity index (χ2v) is 2.74. The van der Waals surface area contributed by atoms with Crippen LogP contribution < -0.4 is 0 Å². The minimum atomic E-state index is 0. The molecule has 1 saturated carbocycles. The minimum absolute atomic E-state index is 0. The van der Waals surface area contributed by atoms with Gasteiger partial charge in [0.15, 0.2) is 0 Å². The molecule has 0 aromatic heterocycles. The van der Waals surface area contributed by atoms with E-state index in [9.17, 15) is 0 Å². The summed E-state index contributed by atoms with van der Waals surface area (Å²) in [4.78, 5) is 0. The normalized spacial score (nSPS) is 22.1. The molecule has 8 heavy (non-hydrogen) atoms. The zero-order valence-corrected chi connectivity index (χ0v) is 7.53. The molecule has 0 N–H and O–H groups in total. The van der Waals surface area contributed by atoms with Gasteiger partial charge in [0, 0.05) is 21.1 Å². The van der Waals surface area contributed by atoms with E-state index in [1.165, 1.54) is 32.1 Å². The molecule has 0 heterocycles. The summed E-state index contributed by atoms with van der Waals surface area (Å²) in [7, 11) is 0. The summed E-state index contributed by atoms with van der Waals surface area (Å²) in [6, 6.07) is 0. The van der Waals surface area contributed by atoms with Crippen LogP contribution >= 0.6 is 0 Å². The minimum Gasteiger partial charge on any atom is -0.0625 e. The van der Waals surface area contributed by atoms with E-state index < -0.39 is 0 Å². The first-order valence-corrected chi connectivity index (χ1v) is 3.39. The summed E-state index contributed by atoms with van der Waals surface area (Å²) in [6.07, 6.45) is 7.44. The van der Waals surface area contributed by atoms with Crippen molar-refractivity contribution in [2.24, 2.45) is 5.92 Å². The Kier molecular flexibility index (Phi) is 4.95. The number of rotatable bonds is 0. The molecule has 48 valence electrons. The summed E-state index contributed by atoms with van der Waals surface area (Å²) >= 11 is 0. The molecule has 0 aliphatic heterocycles. The third-order valence-electron chi connectivity index (χ3n) is 1.89. The van der Waals surface area contributed by atoms with E-state index in [1.807, 2.05) is 0 Å². The smallest absolute Gasteiger partial charge is 0 e. The van der Waals surface area contributed by atoms with Crippen LogP contribution in [0.3, 0.4) is 0 Å². The average molecular weight is 194 g/mol. The van der Waals surface area contributed by atoms with Crippen molar-refractivity contribution in [3.8, 4) is 0 Å². The fourth-order valence-electron chi connectivity index (χ4n) is 1.31. The van der Waals surface area contributed by atoms with Gasteiger partial charge in [-0.15, -0.1) is 0 Å². The zero-order chi connectivity index (χ0) is 5.11. The van der Waals surface area contributed by atoms with Gasteiger partial charge in [-0.3, -0.25) is 0 Å². The van der Waals surface area contributed by atoms with Crippen molar-refractivity contribution in [1.29, 1.82) is 0 Å². The van der Waals surface area contributed by atoms with E-state index in [2.05, 4.69) is 6.92 Å². The van der Waals surface area contributed by atoms with Gasteiger partial charge in [-0.1, -0.05) is 39.0 Å². The van der Waals surface area contributed by atoms with Gasteiger partial charge in [0.1, 0.15) is 0 Å². The Morgan fingerprint density at radius 2 is 1.50 bits per heavy atom. The Morgan fingerprint density at radius 1 is 1.00 bits per heavy atom. The number of hydrogen-bond donors (Lipinski definition) is 0. The first-order valence-electron chi connectivity index (χ1n) is 3.39. The molecule has 1 fully saturated rings. The molecule has 1 rings (SSSR count). The molecule has 0 radical (unpaired) electrons. The fraction of sp³-hybridized carbons (Fsp3) is 1.00. The van der Waals surface area contributed by atoms with Crippen molar-refractivity contribution < 1.29 is 21.1 Å². The molecule has 0 unspecified atom stereocenters. The number of hydrogen-bond acceptors (Lipinski definition) is 0. The van der Waals surface area contributed by atoms with Crippen LogP contribution in [0.1, 0.15) is 39.0 Å². The Labute approximate surface area is 66.3 Å². The van der Waals surface area contributed by atoms with Crippen molar-refractivity contribution in [2.75, 3.05) is 0 Å². The fourth-order valence-corrected chi connectivity index (χ4v) is 1.31. The van der Waals surface area contributed by atoms with Gasteiger partial charge >= 0.3 is 0 Å². The summed E-state index contributed by atoms with van der Waals surface area (Å²) in [6.45, 7) is 2.36. The summed E-state index contributed by atoms with van der Waals surface area (Å²) in [5, 5.41) is 0. The van der Waals surface area contributed by atoms with Gasteiger partial charge in [-0.05, 0) is 5.92 Å². The molecule has 0 saturated heterocycles. The first kappa shape index (κ1) is 8.69. The maximum absolute atomic E-state index is 2.36. The van der Waals surface area contributed by atoms with Crippen LogP contribution in [0.5, 0.6) is 0 Å². The standard InChI is InChI=1S/C7H14.Mo/c1-7-5-3-2-4-6-7;/h7H,2-6H2,1H3;. The van der Waals surface area contributed by atoms with Crippen molar-refractivity contribution >= 4 is 0 Å². The predicted octanol–water partition coefficient (Wildman–Crippen LogP) is 2.58. The van der Waals surface area contributed by atoms with Crippen LogP contribution in [0.4, 0.5) is 0 Å². The Balaban J connectivity index is 0.000000490. The molecule has 0 atom stereocenters. The van der Waals surface area contributed by atoms with E-state index in [1.54, 1.807) is 0 Å². The second kappa shape index (κ2) is 4.56. The zero-order valence-electron chi connectivity index (χ0n) is 5.52. The molecule has 0 spiro atoms. The van der Waals surface area contributed by atoms with Crippen molar-refractivity contribution in [3.63, 3.8) is 0 Å². The van der Waals surface area contributed by atoms with Crippen molar-refractivity contribution in [1.82, 2.24) is 0 Å². The third-order valence-corrected chi connectivity index (χ3v) is 1.89. The van der Waals surface area contributed by atoms with Gasteiger partial charge in [-0.25, -0.2) is 0 Å². The predicted molar refractivity (Wildman–Crippen MR) is 32.2 cm³/mol. The van der Waals surface area contributed by atoms with Crippen LogP contribution in [-0.2, 0) is 21.1 Å². The first-order chi connectivity index (χ1) is 3.39. The molecule has 1 heteroatoms. The molecule has 0 amide bonds. The molecule has 0 nitrogen and oxygen atoms in total. The van der Waals surface area contributed by atoms with Gasteiger partial charge in [0.05, 0.1) is 0 Å². The van der Waals surface area contributed by atoms with Crippen LogP contribution in [0.15, 0.2) is 0 Å². The largest absolute Gasteiger partial charge is 0.0625 e. The molecular weight excluding hydrogens is 180 g/mol. The quantitative estimate of drug-likeness (QED) is 0.520. The van der Waals surface area contributed by atoms with Gasteiger partial charge in [0.2, 0.25) is 0 Å². The molecule has 0 aromatic rings. The Bertz CT molecular complexity index is 46.3. The van der Waals surface area contributed by atoms with Gasteiger partial charge in [-0.2, -0.15) is 0 Å². The van der Waals surface area contributed by atoms with Crippen LogP contribution in [0.2, 0.25) is 0 Å². The van der Waals surface area contributed by atoms with E-state index >= 15 is 0 Å². The van der Waals surface area contributed by atoms with E-state index in [4.69, 9.17) is 0 Å². The van der Waals surface area contributed by atoms with Crippen LogP contribution in [-0.4, -0.2) is 0 Å². The third kappa shape index (κ3) is 2.87. The average Bonchev–Trinajstić information content (AvgIpc) is 1.69. The molecule has 0 bridgehead atoms. The summed E-state index contributed by atoms with van der Waals surface area (Å²) < 4.78 is 0. The maximum Gasteiger partial charge on any atom is 0 e. The Morgan fingerprint density at radius 3 is 1.75 bits per heavy atom. The van der Waals surface area contributed by atoms with Gasteiger partial charge in [0.25, 0.3) is 0 Å². The summed E-state index contributed by atoms with van der Waals surface area (Å²) in [5.74, 6) is 1.04. The summed E-state index contributed by atoms with van der Waals surface area (Å²) in [5.41, 5.74) is 0. The van der Waals surface area contributed by atoms with Crippen LogP contribution in [0.25, 0.3) is 0 Å². The molecular formula is C7H14Mo. The van der Waals surface area contributed by atoms with E-state index in [-0.39, 0.29) is 21.1 Å². The van der Waals surface area contributed by atoms with Crippen molar-refractivity contribution in [2.45, 2.75) is 39.0 Å². The SMILES string of the molecule is CC1CCCCC1.[Mo]. The maximum atomic E-state index is 2.36. The van der Waals surface area contributed by atoms with Crippen LogP contribution in [0, 0.1) is 5.92 Å². The van der Waals surface area contributed by atoms with Gasteiger partial charge < -0.3 is 0 Å². The van der Waals surface area contributed by atoms with E-state index in [0.29, 0.717) is 0 Å². The Hall–Kier alpha value is 0.688. The van der Waals surface area contributed by atoms with Crippen molar-refractivity contribution in [3.05, 3.63) is 0 Å². The topological polar surface area (TPSA) is 0 Å². The molecule has 1 aliphatic rings. The molecule has 1 aliphatic carbocycles. The monoisotopic (exact) mass is 196 g/mol. The van der Waals surface area contributed by atoms with E-state index in [0.717, 1.165) is 5.92 Å².